The molecule has 1 aromatic carbocycles. The number of hydrogen-bond donors (Lipinski definition) is 2. The summed E-state index contributed by atoms with van der Waals surface area (Å²) < 4.78 is 0. The average molecular weight is 273 g/mol. The summed E-state index contributed by atoms with van der Waals surface area (Å²) in [5, 5.41) is 5.04. The van der Waals surface area contributed by atoms with E-state index in [1.165, 1.54) is 0 Å². The highest BCUT2D eigenvalue weighted by Gasteiger charge is 2.07. The van der Waals surface area contributed by atoms with Crippen LogP contribution in [0, 0.1) is 13.8 Å². The SMILES string of the molecule is Cc1cc2c(Nc3ccc(Cl)cc3C)ncnc2[nH]1. The minimum Gasteiger partial charge on any atom is -0.343 e. The van der Waals surface area contributed by atoms with Crippen molar-refractivity contribution < 1.29 is 0 Å². The molecule has 3 aromatic rings. The third-order valence-electron chi connectivity index (χ3n) is 3.00. The van der Waals surface area contributed by atoms with E-state index in [2.05, 4.69) is 20.3 Å². The number of nitrogens with one attached hydrogen (secondary N) is 2. The van der Waals surface area contributed by atoms with Gasteiger partial charge in [0, 0.05) is 16.4 Å². The number of benzene rings is 1. The zero-order valence-electron chi connectivity index (χ0n) is 10.7. The van der Waals surface area contributed by atoms with Crippen LogP contribution in [-0.2, 0) is 0 Å². The minimum atomic E-state index is 0.730. The van der Waals surface area contributed by atoms with Crippen LogP contribution >= 0.6 is 11.6 Å². The summed E-state index contributed by atoms with van der Waals surface area (Å²) in [6, 6.07) is 7.76. The fourth-order valence-corrected chi connectivity index (χ4v) is 2.29. The standard InChI is InChI=1S/C14H13ClN4/c1-8-5-10(15)3-4-12(8)19-14-11-6-9(2)18-13(11)16-7-17-14/h3-7H,1-2H3,(H2,16,17,18,19). The van der Waals surface area contributed by atoms with Gasteiger partial charge < -0.3 is 10.3 Å². The van der Waals surface area contributed by atoms with E-state index in [1.807, 2.05) is 38.1 Å². The Balaban J connectivity index is 2.05. The molecule has 0 fully saturated rings. The Morgan fingerprint density at radius 3 is 2.79 bits per heavy atom. The lowest BCUT2D eigenvalue weighted by atomic mass is 10.2. The highest BCUT2D eigenvalue weighted by atomic mass is 35.5. The predicted molar refractivity (Wildman–Crippen MR) is 78.1 cm³/mol. The Kier molecular flexibility index (Phi) is 2.87. The van der Waals surface area contributed by atoms with Crippen LogP contribution in [0.25, 0.3) is 11.0 Å². The number of aromatic amines is 1. The first kappa shape index (κ1) is 12.0. The van der Waals surface area contributed by atoms with Gasteiger partial charge in [0.2, 0.25) is 0 Å². The van der Waals surface area contributed by atoms with Crippen molar-refractivity contribution in [1.29, 1.82) is 0 Å². The van der Waals surface area contributed by atoms with E-state index in [1.54, 1.807) is 6.33 Å². The maximum absolute atomic E-state index is 5.96. The molecule has 96 valence electrons. The number of hydrogen-bond acceptors (Lipinski definition) is 3. The second-order valence-electron chi connectivity index (χ2n) is 4.52. The van der Waals surface area contributed by atoms with E-state index in [4.69, 9.17) is 11.6 Å². The molecule has 5 heteroatoms. The number of aromatic nitrogens is 3. The molecular weight excluding hydrogens is 260 g/mol. The lowest BCUT2D eigenvalue weighted by molar-refractivity contribution is 1.18. The maximum atomic E-state index is 5.96. The van der Waals surface area contributed by atoms with Crippen LogP contribution in [-0.4, -0.2) is 15.0 Å². The summed E-state index contributed by atoms with van der Waals surface area (Å²) in [6.07, 6.45) is 1.55. The number of H-pyrrole nitrogens is 1. The normalized spacial score (nSPS) is 10.9. The number of nitrogens with zero attached hydrogens (tertiary/aromatic N) is 2. The second kappa shape index (κ2) is 4.55. The van der Waals surface area contributed by atoms with Crippen molar-refractivity contribution in [3.63, 3.8) is 0 Å². The molecule has 0 aliphatic heterocycles. The van der Waals surface area contributed by atoms with Crippen LogP contribution in [0.5, 0.6) is 0 Å². The van der Waals surface area contributed by atoms with Crippen molar-refractivity contribution in [2.75, 3.05) is 5.32 Å². The van der Waals surface area contributed by atoms with Gasteiger partial charge in [-0.3, -0.25) is 0 Å². The Bertz CT molecular complexity index is 748. The van der Waals surface area contributed by atoms with Gasteiger partial charge in [0.25, 0.3) is 0 Å². The molecule has 0 amide bonds. The molecule has 19 heavy (non-hydrogen) atoms. The summed E-state index contributed by atoms with van der Waals surface area (Å²) in [5.74, 6) is 0.791. The van der Waals surface area contributed by atoms with Crippen molar-refractivity contribution in [2.24, 2.45) is 0 Å². The number of aryl methyl sites for hydroxylation is 2. The molecule has 0 spiro atoms. The van der Waals surface area contributed by atoms with Crippen LogP contribution in [0.4, 0.5) is 11.5 Å². The van der Waals surface area contributed by atoms with Crippen molar-refractivity contribution in [1.82, 2.24) is 15.0 Å². The fourth-order valence-electron chi connectivity index (χ4n) is 2.07. The maximum Gasteiger partial charge on any atom is 0.143 e. The van der Waals surface area contributed by atoms with Crippen LogP contribution in [0.1, 0.15) is 11.3 Å². The number of rotatable bonds is 2. The molecule has 0 aliphatic carbocycles. The van der Waals surface area contributed by atoms with E-state index in [9.17, 15) is 0 Å². The van der Waals surface area contributed by atoms with Gasteiger partial charge >= 0.3 is 0 Å². The Morgan fingerprint density at radius 2 is 2.00 bits per heavy atom. The van der Waals surface area contributed by atoms with E-state index in [0.29, 0.717) is 0 Å². The van der Waals surface area contributed by atoms with E-state index in [-0.39, 0.29) is 0 Å². The van der Waals surface area contributed by atoms with Crippen molar-refractivity contribution >= 4 is 34.1 Å². The van der Waals surface area contributed by atoms with Crippen LogP contribution < -0.4 is 5.32 Å². The molecule has 0 atom stereocenters. The third-order valence-corrected chi connectivity index (χ3v) is 3.24. The monoisotopic (exact) mass is 272 g/mol. The molecule has 2 N–H and O–H groups in total. The highest BCUT2D eigenvalue weighted by molar-refractivity contribution is 6.30. The number of fused-ring (bicyclic) bond motifs is 1. The first-order valence-corrected chi connectivity index (χ1v) is 6.35. The molecule has 0 saturated heterocycles. The first-order chi connectivity index (χ1) is 9.13. The van der Waals surface area contributed by atoms with Gasteiger partial charge in [-0.1, -0.05) is 11.6 Å². The van der Waals surface area contributed by atoms with Gasteiger partial charge in [-0.25, -0.2) is 9.97 Å². The highest BCUT2D eigenvalue weighted by Crippen LogP contribution is 2.26. The molecule has 4 nitrogen and oxygen atoms in total. The summed E-state index contributed by atoms with van der Waals surface area (Å²) in [5.41, 5.74) is 3.96. The quantitative estimate of drug-likeness (QED) is 0.742. The smallest absolute Gasteiger partial charge is 0.143 e. The van der Waals surface area contributed by atoms with Crippen LogP contribution in [0.3, 0.4) is 0 Å². The Morgan fingerprint density at radius 1 is 1.16 bits per heavy atom. The molecular formula is C14H13ClN4. The molecule has 0 bridgehead atoms. The van der Waals surface area contributed by atoms with Gasteiger partial charge in [-0.15, -0.1) is 0 Å². The molecule has 0 radical (unpaired) electrons. The van der Waals surface area contributed by atoms with Crippen molar-refractivity contribution in [3.8, 4) is 0 Å². The topological polar surface area (TPSA) is 53.6 Å². The van der Waals surface area contributed by atoms with E-state index < -0.39 is 0 Å². The van der Waals surface area contributed by atoms with Gasteiger partial charge in [0.05, 0.1) is 5.39 Å². The Labute approximate surface area is 115 Å². The van der Waals surface area contributed by atoms with E-state index in [0.717, 1.165) is 38.8 Å². The molecule has 2 aromatic heterocycles. The third kappa shape index (κ3) is 2.27. The zero-order chi connectivity index (χ0) is 13.4. The van der Waals surface area contributed by atoms with Gasteiger partial charge in [0.15, 0.2) is 0 Å². The molecule has 2 heterocycles. The van der Waals surface area contributed by atoms with Crippen molar-refractivity contribution in [3.05, 3.63) is 46.9 Å². The largest absolute Gasteiger partial charge is 0.343 e. The summed E-state index contributed by atoms with van der Waals surface area (Å²) in [7, 11) is 0. The number of anilines is 2. The lowest BCUT2D eigenvalue weighted by Crippen LogP contribution is -1.96. The minimum absolute atomic E-state index is 0.730. The average Bonchev–Trinajstić information content (AvgIpc) is 2.74. The number of halogens is 1. The molecule has 0 unspecified atom stereocenters. The lowest BCUT2D eigenvalue weighted by Gasteiger charge is -2.09. The molecule has 0 saturated carbocycles. The van der Waals surface area contributed by atoms with Crippen molar-refractivity contribution in [2.45, 2.75) is 13.8 Å². The predicted octanol–water partition coefficient (Wildman–Crippen LogP) is 3.97. The zero-order valence-corrected chi connectivity index (χ0v) is 11.4. The summed E-state index contributed by atoms with van der Waals surface area (Å²) in [6.45, 7) is 4.01. The fraction of sp³-hybridized carbons (Fsp3) is 0.143. The van der Waals surface area contributed by atoms with E-state index >= 15 is 0 Å². The molecule has 3 rings (SSSR count). The summed E-state index contributed by atoms with van der Waals surface area (Å²) in [4.78, 5) is 11.7. The first-order valence-electron chi connectivity index (χ1n) is 5.97. The van der Waals surface area contributed by atoms with Gasteiger partial charge in [-0.05, 0) is 43.7 Å². The van der Waals surface area contributed by atoms with Gasteiger partial charge in [-0.2, -0.15) is 0 Å². The van der Waals surface area contributed by atoms with Gasteiger partial charge in [0.1, 0.15) is 17.8 Å². The molecule has 0 aliphatic rings. The van der Waals surface area contributed by atoms with Crippen LogP contribution in [0.2, 0.25) is 5.02 Å². The second-order valence-corrected chi connectivity index (χ2v) is 4.96. The summed E-state index contributed by atoms with van der Waals surface area (Å²) >= 11 is 5.96. The van der Waals surface area contributed by atoms with Crippen LogP contribution in [0.15, 0.2) is 30.6 Å². The Hall–Kier alpha value is -2.07.